The number of ether oxygens (including phenoxy) is 3. The summed E-state index contributed by atoms with van der Waals surface area (Å²) in [7, 11) is 3.80. The Morgan fingerprint density at radius 2 is 0.734 bits per heavy atom. The number of rotatable bonds is 15. The van der Waals surface area contributed by atoms with Crippen LogP contribution in [0.15, 0.2) is 138 Å². The monoisotopic (exact) mass is 1640 g/mol. The fourth-order valence-corrected chi connectivity index (χ4v) is 15.8. The summed E-state index contributed by atoms with van der Waals surface area (Å²) in [4.78, 5) is 149. The van der Waals surface area contributed by atoms with E-state index in [0.717, 1.165) is 0 Å². The zero-order valence-electron chi connectivity index (χ0n) is 57.9. The number of imide groups is 3. The van der Waals surface area contributed by atoms with Gasteiger partial charge in [0.2, 0.25) is 0 Å². The molecule has 574 valence electrons. The Kier molecular flexibility index (Phi) is 25.9. The number of halogens is 7. The van der Waals surface area contributed by atoms with Gasteiger partial charge in [0.05, 0.1) is 38.0 Å². The van der Waals surface area contributed by atoms with Gasteiger partial charge >= 0.3 is 36.0 Å². The van der Waals surface area contributed by atoms with Crippen molar-refractivity contribution >= 4 is 152 Å². The minimum Gasteiger partial charge on any atom is -0.466 e. The normalized spacial score (nSPS) is 21.8. The lowest BCUT2D eigenvalue weighted by Crippen LogP contribution is -2.54. The van der Waals surface area contributed by atoms with E-state index in [1.165, 1.54) is 131 Å². The molecule has 3 aromatic heterocycles. The topological polar surface area (TPSA) is 384 Å². The fourth-order valence-electron chi connectivity index (χ4n) is 13.2. The molecule has 0 bridgehead atoms. The van der Waals surface area contributed by atoms with E-state index in [2.05, 4.69) is 46.9 Å². The molecule has 9 N–H and O–H groups in total. The van der Waals surface area contributed by atoms with E-state index in [1.807, 2.05) is 14.7 Å². The van der Waals surface area contributed by atoms with E-state index in [1.54, 1.807) is 34.7 Å². The number of carbonyl (C=O) groups excluding carboxylic acids is 9. The highest BCUT2D eigenvalue weighted by Gasteiger charge is 2.47. The number of carbonyl (C=O) groups is 9. The van der Waals surface area contributed by atoms with E-state index in [0.29, 0.717) is 125 Å². The molecule has 9 aliphatic heterocycles. The predicted octanol–water partition coefficient (Wildman–Crippen LogP) is 6.47. The number of piperazine rings is 3. The summed E-state index contributed by atoms with van der Waals surface area (Å²) in [5.74, 6) is -3.14. The van der Waals surface area contributed by atoms with E-state index < -0.39 is 89.7 Å². The van der Waals surface area contributed by atoms with Gasteiger partial charge in [-0.2, -0.15) is 3.89 Å². The van der Waals surface area contributed by atoms with Gasteiger partial charge in [-0.1, -0.05) is 53.0 Å². The SMILES string of the molecule is COC(=O)C1=C(CN2CCN3C(=O)NC(=O)C3C2)NC(c2nccs2)=N[C@H]1c1ccc(F)cc1Cl.COC(=O)C1=C(CN2CCN3C(=O)NC(=O)[C@@H]3C2)NC(c2nccs2)=N[C@H]1c1ccc(F)cc1Cl.COC(=O)C1=C(CN2CCN3C(=O)NC(=O)[C@H]3C2)NC(c2nccs2)=N[C@H]1c1ccc(F)cc1Cl.CSF.N. The number of thiazole rings is 3. The first-order chi connectivity index (χ1) is 52.0. The molecule has 1 unspecified atom stereocenters. The molecule has 42 heteroatoms. The van der Waals surface area contributed by atoms with Crippen molar-refractivity contribution in [1.82, 2.24) is 82.4 Å². The van der Waals surface area contributed by atoms with Crippen LogP contribution in [0.5, 0.6) is 0 Å². The highest BCUT2D eigenvalue weighted by atomic mass is 35.5. The second-order valence-electron chi connectivity index (χ2n) is 24.5. The van der Waals surface area contributed by atoms with Crippen LogP contribution < -0.4 is 38.1 Å². The number of hydrogen-bond acceptors (Lipinski definition) is 29. The molecule has 109 heavy (non-hydrogen) atoms. The van der Waals surface area contributed by atoms with Crippen LogP contribution in [-0.4, -0.2) is 240 Å². The minimum absolute atomic E-state index is 0. The Hall–Kier alpha value is -9.81. The zero-order valence-corrected chi connectivity index (χ0v) is 63.4. The number of nitrogens with zero attached hydrogens (tertiary/aromatic N) is 12. The molecule has 9 amide bonds. The molecule has 0 saturated carbocycles. The van der Waals surface area contributed by atoms with E-state index in [9.17, 15) is 60.2 Å². The molecule has 6 fully saturated rings. The van der Waals surface area contributed by atoms with Crippen molar-refractivity contribution in [1.29, 1.82) is 0 Å². The third-order valence-electron chi connectivity index (χ3n) is 18.2. The van der Waals surface area contributed by atoms with Crippen molar-refractivity contribution in [2.45, 2.75) is 36.3 Å². The van der Waals surface area contributed by atoms with Crippen LogP contribution in [0.2, 0.25) is 15.1 Å². The van der Waals surface area contributed by atoms with Crippen molar-refractivity contribution in [2.75, 3.05) is 106 Å². The van der Waals surface area contributed by atoms with Gasteiger partial charge in [0.15, 0.2) is 32.5 Å². The van der Waals surface area contributed by atoms with Crippen molar-refractivity contribution in [3.63, 3.8) is 0 Å². The van der Waals surface area contributed by atoms with Crippen LogP contribution in [0.4, 0.5) is 31.4 Å². The summed E-state index contributed by atoms with van der Waals surface area (Å²) in [6.45, 7) is 4.18. The van der Waals surface area contributed by atoms with E-state index >= 15 is 0 Å². The molecule has 6 saturated heterocycles. The smallest absolute Gasteiger partial charge is 0.338 e. The average molecular weight is 1640 g/mol. The Morgan fingerprint density at radius 1 is 0.468 bits per heavy atom. The van der Waals surface area contributed by atoms with E-state index in [-0.39, 0.29) is 87.4 Å². The molecule has 31 nitrogen and oxygen atoms in total. The largest absolute Gasteiger partial charge is 0.466 e. The number of aliphatic imine (C=N–C) groups is 3. The second-order valence-corrected chi connectivity index (χ2v) is 28.8. The van der Waals surface area contributed by atoms with Crippen molar-refractivity contribution in [2.24, 2.45) is 15.0 Å². The number of amides is 9. The maximum absolute atomic E-state index is 13.8. The lowest BCUT2D eigenvalue weighted by molar-refractivity contribution is -0.137. The van der Waals surface area contributed by atoms with Gasteiger partial charge in [-0.25, -0.2) is 56.9 Å². The van der Waals surface area contributed by atoms with Crippen LogP contribution in [0, 0.1) is 17.5 Å². The quantitative estimate of drug-likeness (QED) is 0.0251. The zero-order chi connectivity index (χ0) is 76.8. The molecule has 0 spiro atoms. The number of methoxy groups -OCH3 is 3. The standard InChI is InChI=1S/3C22H20ClFN6O4S.CH3FS.H3N/c3*1-34-21(32)16-14(9-29-5-6-30-15(10-29)19(31)28-22(30)33)26-18(20-25-4-7-35-20)27-17(16)12-3-2-11(24)8-13(12)23;1-3-2;/h3*2-4,7-8,15,17H,5-6,9-10H2,1H3,(H,26,27)(H,28,31,33);1H3;1H3/t15?,17-;15-,17+;15-,17-;;/m010../s1. The van der Waals surface area contributed by atoms with Gasteiger partial charge in [-0.15, -0.1) is 34.0 Å². The first-order valence-corrected chi connectivity index (χ1v) is 37.6. The maximum Gasteiger partial charge on any atom is 0.338 e. The first-order valence-electron chi connectivity index (χ1n) is 32.7. The van der Waals surface area contributed by atoms with Crippen LogP contribution in [0.3, 0.4) is 0 Å². The number of fused-ring (bicyclic) bond motifs is 3. The highest BCUT2D eigenvalue weighted by molar-refractivity contribution is 7.93. The summed E-state index contributed by atoms with van der Waals surface area (Å²) in [6, 6.07) is 6.14. The van der Waals surface area contributed by atoms with Crippen molar-refractivity contribution < 1.29 is 74.4 Å². The summed E-state index contributed by atoms with van der Waals surface area (Å²) < 4.78 is 66.8. The summed E-state index contributed by atoms with van der Waals surface area (Å²) in [5, 5.41) is 24.2. The molecule has 3 aromatic carbocycles. The van der Waals surface area contributed by atoms with Crippen molar-refractivity contribution in [3.8, 4) is 0 Å². The molecule has 12 heterocycles. The number of nitrogens with one attached hydrogen (secondary N) is 6. The summed E-state index contributed by atoms with van der Waals surface area (Å²) in [6.07, 6.45) is 6.29. The van der Waals surface area contributed by atoms with Crippen LogP contribution in [0.25, 0.3) is 0 Å². The molecule has 6 atom stereocenters. The minimum atomic E-state index is -0.872. The molecular formula is C67H66Cl3F4N19O12S4. The number of benzene rings is 3. The molecule has 9 aliphatic rings. The molecule has 0 radical (unpaired) electrons. The lowest BCUT2D eigenvalue weighted by Gasteiger charge is -2.37. The fraction of sp³-hybridized carbons (Fsp3) is 0.328. The third-order valence-corrected chi connectivity index (χ3v) is 21.5. The third kappa shape index (κ3) is 17.6. The Bertz CT molecular complexity index is 4290. The summed E-state index contributed by atoms with van der Waals surface area (Å²) in [5.41, 5.74) is 3.47. The lowest BCUT2D eigenvalue weighted by atomic mass is 9.95. The van der Waals surface area contributed by atoms with Crippen LogP contribution >= 0.6 is 81.0 Å². The van der Waals surface area contributed by atoms with E-state index in [4.69, 9.17) is 64.0 Å². The number of esters is 3. The maximum atomic E-state index is 13.8. The Labute approximate surface area is 649 Å². The van der Waals surface area contributed by atoms with Crippen LogP contribution in [-0.2, 0) is 43.0 Å². The number of urea groups is 3. The predicted molar refractivity (Wildman–Crippen MR) is 396 cm³/mol. The van der Waals surface area contributed by atoms with Gasteiger partial charge in [-0.3, -0.25) is 60.0 Å². The number of amidine groups is 3. The van der Waals surface area contributed by atoms with Crippen molar-refractivity contribution in [3.05, 3.63) is 187 Å². The summed E-state index contributed by atoms with van der Waals surface area (Å²) >= 11 is 23.4. The first kappa shape index (κ1) is 80.2. The van der Waals surface area contributed by atoms with Gasteiger partial charge in [0, 0.05) is 181 Å². The van der Waals surface area contributed by atoms with Gasteiger partial charge in [0.1, 0.15) is 53.7 Å². The highest BCUT2D eigenvalue weighted by Crippen LogP contribution is 2.41. The molecule has 0 aliphatic carbocycles. The molecular weight excluding hydrogens is 1570 g/mol. The Morgan fingerprint density at radius 3 is 0.963 bits per heavy atom. The Balaban J connectivity index is 0.000000159. The second kappa shape index (κ2) is 35.3. The number of hydrogen-bond donors (Lipinski definition) is 7. The average Bonchev–Trinajstić information content (AvgIpc) is 1.76. The number of aromatic nitrogens is 3. The molecule has 15 rings (SSSR count). The van der Waals surface area contributed by atoms with Gasteiger partial charge < -0.3 is 51.0 Å². The molecule has 6 aromatic rings. The van der Waals surface area contributed by atoms with Gasteiger partial charge in [-0.05, 0) is 36.4 Å². The van der Waals surface area contributed by atoms with Gasteiger partial charge in [0.25, 0.3) is 17.7 Å². The van der Waals surface area contributed by atoms with Crippen LogP contribution in [0.1, 0.15) is 49.8 Å².